The average molecular weight is 441 g/mol. The van der Waals surface area contributed by atoms with E-state index in [1.807, 2.05) is 11.0 Å². The molecule has 2 fully saturated rings. The van der Waals surface area contributed by atoms with E-state index >= 15 is 0 Å². The largest absolute Gasteiger partial charge is 0.497 e. The molecule has 0 spiro atoms. The Kier molecular flexibility index (Phi) is 6.94. The first-order chi connectivity index (χ1) is 15.6. The van der Waals surface area contributed by atoms with Gasteiger partial charge in [-0.15, -0.1) is 10.2 Å². The number of nitrogens with zero attached hydrogens (tertiary/aromatic N) is 6. The van der Waals surface area contributed by atoms with Crippen LogP contribution in [0.3, 0.4) is 0 Å². The lowest BCUT2D eigenvalue weighted by atomic mass is 10.1. The van der Waals surface area contributed by atoms with Crippen LogP contribution in [-0.4, -0.2) is 99.0 Å². The number of amides is 1. The number of carbonyl (C=O) groups is 1. The van der Waals surface area contributed by atoms with Crippen LogP contribution in [0.15, 0.2) is 30.3 Å². The van der Waals surface area contributed by atoms with Crippen LogP contribution in [0.2, 0.25) is 0 Å². The van der Waals surface area contributed by atoms with Crippen LogP contribution in [0.1, 0.15) is 17.3 Å². The zero-order chi connectivity index (χ0) is 22.5. The molecule has 3 heterocycles. The molecular formula is C23H32N6O3. The summed E-state index contributed by atoms with van der Waals surface area (Å²) in [7, 11) is 3.17. The van der Waals surface area contributed by atoms with Gasteiger partial charge in [-0.1, -0.05) is 6.92 Å². The van der Waals surface area contributed by atoms with Crippen LogP contribution in [0.5, 0.6) is 11.5 Å². The van der Waals surface area contributed by atoms with Crippen molar-refractivity contribution in [2.24, 2.45) is 0 Å². The minimum atomic E-state index is -0.0190. The SMILES string of the molecule is CCN1CCN(c2ccc(N3CCN(C(=O)c4cc(OC)cc(OC)c4)CC3)nn2)CC1. The highest BCUT2D eigenvalue weighted by molar-refractivity contribution is 5.95. The van der Waals surface area contributed by atoms with Crippen molar-refractivity contribution in [1.82, 2.24) is 20.0 Å². The minimum absolute atomic E-state index is 0.0190. The van der Waals surface area contributed by atoms with E-state index < -0.39 is 0 Å². The van der Waals surface area contributed by atoms with E-state index in [0.717, 1.165) is 57.4 Å². The van der Waals surface area contributed by atoms with E-state index in [1.54, 1.807) is 32.4 Å². The van der Waals surface area contributed by atoms with Gasteiger partial charge in [0.2, 0.25) is 0 Å². The number of methoxy groups -OCH3 is 2. The van der Waals surface area contributed by atoms with Crippen LogP contribution in [0, 0.1) is 0 Å². The molecule has 32 heavy (non-hydrogen) atoms. The molecule has 0 radical (unpaired) electrons. The number of aromatic nitrogens is 2. The molecule has 9 heteroatoms. The van der Waals surface area contributed by atoms with E-state index in [2.05, 4.69) is 37.9 Å². The van der Waals surface area contributed by atoms with Gasteiger partial charge in [-0.05, 0) is 30.8 Å². The Morgan fingerprint density at radius 1 is 0.812 bits per heavy atom. The topological polar surface area (TPSA) is 74.3 Å². The van der Waals surface area contributed by atoms with Gasteiger partial charge >= 0.3 is 0 Å². The summed E-state index contributed by atoms with van der Waals surface area (Å²) >= 11 is 0. The predicted molar refractivity (Wildman–Crippen MR) is 124 cm³/mol. The van der Waals surface area contributed by atoms with Gasteiger partial charge in [-0.3, -0.25) is 4.79 Å². The third-order valence-corrected chi connectivity index (χ3v) is 6.27. The summed E-state index contributed by atoms with van der Waals surface area (Å²) in [5.41, 5.74) is 0.571. The number of likely N-dealkylation sites (N-methyl/N-ethyl adjacent to an activating group) is 1. The second kappa shape index (κ2) is 10.0. The Morgan fingerprint density at radius 2 is 1.31 bits per heavy atom. The number of anilines is 2. The quantitative estimate of drug-likeness (QED) is 0.671. The fourth-order valence-corrected chi connectivity index (χ4v) is 4.20. The van der Waals surface area contributed by atoms with Gasteiger partial charge in [0, 0.05) is 64.0 Å². The van der Waals surface area contributed by atoms with E-state index in [0.29, 0.717) is 30.2 Å². The second-order valence-corrected chi connectivity index (χ2v) is 8.05. The van der Waals surface area contributed by atoms with E-state index in [4.69, 9.17) is 9.47 Å². The maximum atomic E-state index is 13.0. The highest BCUT2D eigenvalue weighted by Gasteiger charge is 2.24. The molecule has 9 nitrogen and oxygen atoms in total. The molecule has 172 valence electrons. The summed E-state index contributed by atoms with van der Waals surface area (Å²) in [6.45, 7) is 10.1. The van der Waals surface area contributed by atoms with Crippen molar-refractivity contribution in [3.05, 3.63) is 35.9 Å². The van der Waals surface area contributed by atoms with E-state index in [9.17, 15) is 4.79 Å². The third-order valence-electron chi connectivity index (χ3n) is 6.27. The van der Waals surface area contributed by atoms with Gasteiger partial charge < -0.3 is 29.1 Å². The average Bonchev–Trinajstić information content (AvgIpc) is 2.88. The van der Waals surface area contributed by atoms with Gasteiger partial charge in [0.25, 0.3) is 5.91 Å². The summed E-state index contributed by atoms with van der Waals surface area (Å²) in [6.07, 6.45) is 0. The number of hydrogen-bond donors (Lipinski definition) is 0. The number of piperazine rings is 2. The normalized spacial score (nSPS) is 17.4. The predicted octanol–water partition coefficient (Wildman–Crippen LogP) is 1.60. The van der Waals surface area contributed by atoms with Crippen molar-refractivity contribution in [1.29, 1.82) is 0 Å². The Morgan fingerprint density at radius 3 is 1.75 bits per heavy atom. The molecule has 0 bridgehead atoms. The van der Waals surface area contributed by atoms with Crippen LogP contribution >= 0.6 is 0 Å². The molecular weight excluding hydrogens is 408 g/mol. The van der Waals surface area contributed by atoms with E-state index in [-0.39, 0.29) is 5.91 Å². The lowest BCUT2D eigenvalue weighted by molar-refractivity contribution is 0.0745. The van der Waals surface area contributed by atoms with Crippen LogP contribution in [-0.2, 0) is 0 Å². The maximum absolute atomic E-state index is 13.0. The molecule has 2 aliphatic rings. The lowest BCUT2D eigenvalue weighted by Crippen LogP contribution is -2.49. The van der Waals surface area contributed by atoms with Gasteiger partial charge in [-0.25, -0.2) is 0 Å². The Hall–Kier alpha value is -3.07. The number of benzene rings is 1. The Labute approximate surface area is 189 Å². The number of rotatable bonds is 6. The minimum Gasteiger partial charge on any atom is -0.497 e. The van der Waals surface area contributed by atoms with Gasteiger partial charge in [0.15, 0.2) is 11.6 Å². The summed E-state index contributed by atoms with van der Waals surface area (Å²) in [4.78, 5) is 21.8. The lowest BCUT2D eigenvalue weighted by Gasteiger charge is -2.36. The second-order valence-electron chi connectivity index (χ2n) is 8.05. The molecule has 1 amide bonds. The van der Waals surface area contributed by atoms with Crippen molar-refractivity contribution < 1.29 is 14.3 Å². The van der Waals surface area contributed by atoms with Crippen molar-refractivity contribution >= 4 is 17.5 Å². The standard InChI is InChI=1S/C23H32N6O3/c1-4-26-7-9-27(10-8-26)21-5-6-22(25-24-21)28-11-13-29(14-12-28)23(30)18-15-19(31-2)17-20(16-18)32-3/h5-6,15-17H,4,7-14H2,1-3H3. The first-order valence-electron chi connectivity index (χ1n) is 11.2. The van der Waals surface area contributed by atoms with Gasteiger partial charge in [0.1, 0.15) is 11.5 Å². The van der Waals surface area contributed by atoms with Crippen molar-refractivity contribution in [3.63, 3.8) is 0 Å². The summed E-state index contributed by atoms with van der Waals surface area (Å²) < 4.78 is 10.6. The van der Waals surface area contributed by atoms with Gasteiger partial charge in [0.05, 0.1) is 14.2 Å². The van der Waals surface area contributed by atoms with Crippen molar-refractivity contribution in [2.75, 3.05) is 82.9 Å². The van der Waals surface area contributed by atoms with Gasteiger partial charge in [-0.2, -0.15) is 0 Å². The number of ether oxygens (including phenoxy) is 2. The molecule has 2 aromatic rings. The number of carbonyl (C=O) groups excluding carboxylic acids is 1. The van der Waals surface area contributed by atoms with Crippen LogP contribution in [0.25, 0.3) is 0 Å². The van der Waals surface area contributed by atoms with Crippen LogP contribution in [0.4, 0.5) is 11.6 Å². The van der Waals surface area contributed by atoms with E-state index in [1.165, 1.54) is 0 Å². The number of hydrogen-bond acceptors (Lipinski definition) is 8. The molecule has 2 aliphatic heterocycles. The summed E-state index contributed by atoms with van der Waals surface area (Å²) in [5.74, 6) is 2.99. The van der Waals surface area contributed by atoms with Crippen molar-refractivity contribution in [2.45, 2.75) is 6.92 Å². The molecule has 1 aromatic carbocycles. The molecule has 0 N–H and O–H groups in total. The zero-order valence-corrected chi connectivity index (χ0v) is 19.2. The summed E-state index contributed by atoms with van der Waals surface area (Å²) in [6, 6.07) is 9.37. The first-order valence-corrected chi connectivity index (χ1v) is 11.2. The fraction of sp³-hybridized carbons (Fsp3) is 0.522. The Bertz CT molecular complexity index is 884. The van der Waals surface area contributed by atoms with Crippen LogP contribution < -0.4 is 19.3 Å². The molecule has 0 saturated carbocycles. The fourth-order valence-electron chi connectivity index (χ4n) is 4.20. The first kappa shape index (κ1) is 22.1. The molecule has 0 unspecified atom stereocenters. The molecule has 1 aromatic heterocycles. The third kappa shape index (κ3) is 4.88. The Balaban J connectivity index is 1.34. The summed E-state index contributed by atoms with van der Waals surface area (Å²) in [5, 5.41) is 8.95. The smallest absolute Gasteiger partial charge is 0.254 e. The highest BCUT2D eigenvalue weighted by Crippen LogP contribution is 2.24. The zero-order valence-electron chi connectivity index (χ0n) is 19.2. The molecule has 0 atom stereocenters. The monoisotopic (exact) mass is 440 g/mol. The highest BCUT2D eigenvalue weighted by atomic mass is 16.5. The maximum Gasteiger partial charge on any atom is 0.254 e. The van der Waals surface area contributed by atoms with Crippen molar-refractivity contribution in [3.8, 4) is 11.5 Å². The molecule has 0 aliphatic carbocycles. The molecule has 2 saturated heterocycles. The molecule has 4 rings (SSSR count).